The number of ether oxygens (including phenoxy) is 2. The molecule has 0 bridgehead atoms. The molecule has 2 fully saturated rings. The highest BCUT2D eigenvalue weighted by Crippen LogP contribution is 2.42. The molecular weight excluding hydrogens is 594 g/mol. The Morgan fingerprint density at radius 1 is 1.04 bits per heavy atom. The average molecular weight is 634 g/mol. The van der Waals surface area contributed by atoms with Crippen molar-refractivity contribution in [3.63, 3.8) is 0 Å². The zero-order valence-electron chi connectivity index (χ0n) is 25.5. The Morgan fingerprint density at radius 2 is 1.69 bits per heavy atom. The van der Waals surface area contributed by atoms with E-state index in [1.807, 2.05) is 31.3 Å². The number of hydrogen-bond donors (Lipinski definition) is 1. The Morgan fingerprint density at radius 3 is 2.29 bits per heavy atom. The Bertz CT molecular complexity index is 1440. The molecule has 0 saturated carbocycles. The van der Waals surface area contributed by atoms with Crippen molar-refractivity contribution < 1.29 is 41.7 Å². The van der Waals surface area contributed by atoms with Gasteiger partial charge in [0.15, 0.2) is 0 Å². The molecule has 2 saturated heterocycles. The zero-order valence-corrected chi connectivity index (χ0v) is 25.5. The first kappa shape index (κ1) is 34.3. The van der Waals surface area contributed by atoms with Crippen molar-refractivity contribution in [2.24, 2.45) is 0 Å². The van der Waals surface area contributed by atoms with Gasteiger partial charge < -0.3 is 19.5 Å². The number of carbonyl (C=O) groups is 2. The molecule has 2 aromatic carbocycles. The van der Waals surface area contributed by atoms with Crippen LogP contribution in [0, 0.1) is 6.92 Å². The highest BCUT2D eigenvalue weighted by atomic mass is 19.4. The number of halogens is 4. The molecule has 3 heterocycles. The molecule has 1 amide bonds. The molecule has 2 aliphatic rings. The van der Waals surface area contributed by atoms with Crippen molar-refractivity contribution >= 4 is 22.8 Å². The third kappa shape index (κ3) is 8.77. The van der Waals surface area contributed by atoms with Crippen LogP contribution in [-0.2, 0) is 19.1 Å². The van der Waals surface area contributed by atoms with E-state index >= 15 is 4.39 Å². The molecule has 2 aliphatic heterocycles. The molecule has 8 nitrogen and oxygen atoms in total. The topological polar surface area (TPSA) is 92.2 Å². The molecule has 0 aliphatic carbocycles. The van der Waals surface area contributed by atoms with Gasteiger partial charge in [0, 0.05) is 63.6 Å². The lowest BCUT2D eigenvalue weighted by Crippen LogP contribution is -2.48. The van der Waals surface area contributed by atoms with Crippen LogP contribution in [0.2, 0.25) is 0 Å². The van der Waals surface area contributed by atoms with Crippen LogP contribution in [0.15, 0.2) is 54.7 Å². The first-order valence-electron chi connectivity index (χ1n) is 15.1. The number of morpholine rings is 1. The quantitative estimate of drug-likeness (QED) is 0.306. The number of nitrogens with zero attached hydrogens (tertiary/aromatic N) is 3. The van der Waals surface area contributed by atoms with E-state index in [-0.39, 0.29) is 18.7 Å². The summed E-state index contributed by atoms with van der Waals surface area (Å²) in [4.78, 5) is 29.7. The van der Waals surface area contributed by atoms with Crippen LogP contribution >= 0.6 is 0 Å². The number of pyridine rings is 1. The smallest absolute Gasteiger partial charge is 0.475 e. The van der Waals surface area contributed by atoms with Gasteiger partial charge in [0.1, 0.15) is 11.8 Å². The van der Waals surface area contributed by atoms with Gasteiger partial charge in [-0.1, -0.05) is 49.4 Å². The number of amides is 1. The van der Waals surface area contributed by atoms with Crippen LogP contribution in [-0.4, -0.2) is 96.2 Å². The molecule has 5 rings (SSSR count). The van der Waals surface area contributed by atoms with E-state index in [1.165, 1.54) is 0 Å². The number of benzene rings is 2. The molecular formula is C33H39F4N3O5. The lowest BCUT2D eigenvalue weighted by molar-refractivity contribution is -0.192. The number of aromatic nitrogens is 1. The fraction of sp³-hybridized carbons (Fsp3) is 0.485. The SMILES string of the molecule is CCC(=O)N1CCC(F)(C(OCCN2CCOCC2)c2ccc(-c3ccc4cccnc4c3C)cc2)CC1.O=C(O)C(F)(F)F. The van der Waals surface area contributed by atoms with Crippen molar-refractivity contribution in [3.8, 4) is 11.1 Å². The number of carboxylic acids is 1. The molecule has 1 unspecified atom stereocenters. The minimum absolute atomic E-state index is 0.0847. The Hall–Kier alpha value is -3.61. The number of alkyl halides is 4. The summed E-state index contributed by atoms with van der Waals surface area (Å²) in [7, 11) is 0. The first-order valence-corrected chi connectivity index (χ1v) is 15.1. The summed E-state index contributed by atoms with van der Waals surface area (Å²) >= 11 is 0. The van der Waals surface area contributed by atoms with Gasteiger partial charge in [-0.25, -0.2) is 9.18 Å². The number of likely N-dealkylation sites (tertiary alicyclic amines) is 1. The van der Waals surface area contributed by atoms with Crippen LogP contribution in [0.25, 0.3) is 22.0 Å². The highest BCUT2D eigenvalue weighted by Gasteiger charge is 2.44. The van der Waals surface area contributed by atoms with Gasteiger partial charge >= 0.3 is 12.1 Å². The van der Waals surface area contributed by atoms with E-state index in [4.69, 9.17) is 19.4 Å². The number of carbonyl (C=O) groups excluding carboxylic acids is 1. The van der Waals surface area contributed by atoms with Crippen LogP contribution < -0.4 is 0 Å². The van der Waals surface area contributed by atoms with Gasteiger partial charge in [-0.05, 0) is 35.2 Å². The van der Waals surface area contributed by atoms with E-state index < -0.39 is 23.9 Å². The monoisotopic (exact) mass is 633 g/mol. The van der Waals surface area contributed by atoms with Gasteiger partial charge in [0.25, 0.3) is 0 Å². The van der Waals surface area contributed by atoms with Crippen molar-refractivity contribution in [1.82, 2.24) is 14.8 Å². The maximum absolute atomic E-state index is 16.6. The standard InChI is InChI=1S/C31H38FN3O3.C2HF3O2/c1-3-28(36)35-15-12-31(32,13-16-35)30(38-22-19-34-17-20-37-21-18-34)26-8-6-24(7-9-26)27-11-10-25-5-4-14-33-29(25)23(27)2;3-2(4,5)1(6)7/h4-11,14,30H,3,12-13,15-22H2,1-2H3;(H,6,7). The van der Waals surface area contributed by atoms with Crippen molar-refractivity contribution in [2.75, 3.05) is 52.5 Å². The molecule has 0 radical (unpaired) electrons. The average Bonchev–Trinajstić information content (AvgIpc) is 3.04. The lowest BCUT2D eigenvalue weighted by atomic mass is 9.83. The molecule has 45 heavy (non-hydrogen) atoms. The third-order valence-corrected chi connectivity index (χ3v) is 8.31. The molecule has 244 valence electrons. The highest BCUT2D eigenvalue weighted by molar-refractivity contribution is 5.88. The maximum atomic E-state index is 16.6. The minimum atomic E-state index is -5.08. The molecule has 1 N–H and O–H groups in total. The van der Waals surface area contributed by atoms with Crippen molar-refractivity contribution in [2.45, 2.75) is 51.1 Å². The summed E-state index contributed by atoms with van der Waals surface area (Å²) in [6, 6.07) is 16.4. The van der Waals surface area contributed by atoms with Crippen LogP contribution in [0.5, 0.6) is 0 Å². The second-order valence-corrected chi connectivity index (χ2v) is 11.2. The van der Waals surface area contributed by atoms with E-state index in [0.29, 0.717) is 26.1 Å². The number of aryl methyl sites for hydroxylation is 1. The second-order valence-electron chi connectivity index (χ2n) is 11.2. The molecule has 12 heteroatoms. The Kier molecular flexibility index (Phi) is 11.5. The zero-order chi connectivity index (χ0) is 32.6. The summed E-state index contributed by atoms with van der Waals surface area (Å²) < 4.78 is 60.1. The summed E-state index contributed by atoms with van der Waals surface area (Å²) in [5, 5.41) is 8.24. The molecule has 1 atom stereocenters. The van der Waals surface area contributed by atoms with Gasteiger partial charge in [0.2, 0.25) is 5.91 Å². The number of rotatable bonds is 8. The molecule has 1 aromatic heterocycles. The van der Waals surface area contributed by atoms with Gasteiger partial charge in [0.05, 0.1) is 25.3 Å². The van der Waals surface area contributed by atoms with Crippen LogP contribution in [0.4, 0.5) is 17.6 Å². The number of piperidine rings is 1. The predicted molar refractivity (Wildman–Crippen MR) is 162 cm³/mol. The normalized spacial score (nSPS) is 17.8. The molecule has 3 aromatic rings. The van der Waals surface area contributed by atoms with E-state index in [0.717, 1.165) is 66.0 Å². The maximum Gasteiger partial charge on any atom is 0.490 e. The number of fused-ring (bicyclic) bond motifs is 1. The number of carboxylic acid groups (broad SMARTS) is 1. The van der Waals surface area contributed by atoms with Crippen LogP contribution in [0.1, 0.15) is 43.4 Å². The summed E-state index contributed by atoms with van der Waals surface area (Å²) in [5.74, 6) is -2.67. The number of hydrogen-bond acceptors (Lipinski definition) is 6. The second kappa shape index (κ2) is 15.1. The fourth-order valence-corrected chi connectivity index (χ4v) is 5.72. The summed E-state index contributed by atoms with van der Waals surface area (Å²) in [5.41, 5.74) is 3.62. The first-order chi connectivity index (χ1) is 21.4. The predicted octanol–water partition coefficient (Wildman–Crippen LogP) is 5.97. The van der Waals surface area contributed by atoms with Crippen molar-refractivity contribution in [1.29, 1.82) is 0 Å². The largest absolute Gasteiger partial charge is 0.490 e. The fourth-order valence-electron chi connectivity index (χ4n) is 5.72. The Labute approximate surface area is 259 Å². The number of aliphatic carboxylic acids is 1. The van der Waals surface area contributed by atoms with Gasteiger partial charge in [-0.3, -0.25) is 14.7 Å². The summed E-state index contributed by atoms with van der Waals surface area (Å²) in [6.07, 6.45) is -2.95. The Balaban J connectivity index is 0.000000591. The van der Waals surface area contributed by atoms with Gasteiger partial charge in [-0.15, -0.1) is 0 Å². The minimum Gasteiger partial charge on any atom is -0.475 e. The van der Waals surface area contributed by atoms with Crippen molar-refractivity contribution in [3.05, 3.63) is 65.9 Å². The molecule has 0 spiro atoms. The summed E-state index contributed by atoms with van der Waals surface area (Å²) in [6.45, 7) is 9.19. The van der Waals surface area contributed by atoms with Gasteiger partial charge in [-0.2, -0.15) is 13.2 Å². The lowest BCUT2D eigenvalue weighted by Gasteiger charge is -2.41. The third-order valence-electron chi connectivity index (χ3n) is 8.31. The van der Waals surface area contributed by atoms with E-state index in [2.05, 4.69) is 47.1 Å². The van der Waals surface area contributed by atoms with Crippen LogP contribution in [0.3, 0.4) is 0 Å². The van der Waals surface area contributed by atoms with E-state index in [9.17, 15) is 18.0 Å². The van der Waals surface area contributed by atoms with E-state index in [1.54, 1.807) is 4.90 Å².